The summed E-state index contributed by atoms with van der Waals surface area (Å²) in [5.41, 5.74) is 0. The van der Waals surface area contributed by atoms with Gasteiger partial charge in [-0.2, -0.15) is 0 Å². The Kier molecular flexibility index (Phi) is 4.62. The van der Waals surface area contributed by atoms with Gasteiger partial charge in [-0.05, 0) is 43.3 Å². The van der Waals surface area contributed by atoms with Gasteiger partial charge in [0, 0.05) is 10.0 Å². The molecular formula is C14H11Cl2O4PS. The minimum Gasteiger partial charge on any atom is -0.394 e. The topological polar surface area (TPSA) is 44.8 Å². The molecule has 1 heterocycles. The van der Waals surface area contributed by atoms with Crippen molar-refractivity contribution >= 4 is 42.8 Å². The lowest BCUT2D eigenvalue weighted by molar-refractivity contribution is 0.216. The summed E-state index contributed by atoms with van der Waals surface area (Å²) in [6, 6.07) is 10.0. The molecule has 0 spiro atoms. The van der Waals surface area contributed by atoms with Gasteiger partial charge >= 0.3 is 7.82 Å². The Morgan fingerprint density at radius 2 is 1.55 bits per heavy atom. The van der Waals surface area contributed by atoms with Crippen LogP contribution in [0.1, 0.15) is 6.92 Å². The van der Waals surface area contributed by atoms with Gasteiger partial charge in [0.05, 0.1) is 16.4 Å². The minimum atomic E-state index is -3.78. The van der Waals surface area contributed by atoms with Crippen molar-refractivity contribution in [3.63, 3.8) is 0 Å². The molecule has 2 aromatic rings. The van der Waals surface area contributed by atoms with Crippen LogP contribution in [0.5, 0.6) is 11.5 Å². The van der Waals surface area contributed by atoms with E-state index in [-0.39, 0.29) is 6.61 Å². The third kappa shape index (κ3) is 3.39. The average Bonchev–Trinajstić information content (AvgIpc) is 2.44. The molecule has 22 heavy (non-hydrogen) atoms. The molecule has 116 valence electrons. The van der Waals surface area contributed by atoms with Crippen LogP contribution >= 0.6 is 42.8 Å². The second-order valence-electron chi connectivity index (χ2n) is 4.33. The fourth-order valence-corrected chi connectivity index (χ4v) is 4.75. The molecule has 0 unspecified atom stereocenters. The highest BCUT2D eigenvalue weighted by Gasteiger charge is 2.34. The van der Waals surface area contributed by atoms with E-state index >= 15 is 0 Å². The first kappa shape index (κ1) is 16.0. The van der Waals surface area contributed by atoms with Crippen LogP contribution < -0.4 is 9.05 Å². The molecule has 3 rings (SSSR count). The van der Waals surface area contributed by atoms with Crippen molar-refractivity contribution in [1.29, 1.82) is 0 Å². The van der Waals surface area contributed by atoms with Crippen molar-refractivity contribution in [3.8, 4) is 11.5 Å². The molecule has 0 aliphatic carbocycles. The van der Waals surface area contributed by atoms with Crippen molar-refractivity contribution < 1.29 is 18.1 Å². The third-order valence-corrected chi connectivity index (χ3v) is 5.70. The molecule has 2 aromatic carbocycles. The first-order valence-corrected chi connectivity index (χ1v) is 9.43. The van der Waals surface area contributed by atoms with Crippen LogP contribution in [0.4, 0.5) is 0 Å². The second kappa shape index (κ2) is 6.34. The molecule has 1 aliphatic rings. The summed E-state index contributed by atoms with van der Waals surface area (Å²) in [5.74, 6) is 0.772. The van der Waals surface area contributed by atoms with Gasteiger partial charge in [-0.25, -0.2) is 4.57 Å². The highest BCUT2D eigenvalue weighted by Crippen LogP contribution is 2.56. The fourth-order valence-electron chi connectivity index (χ4n) is 1.86. The summed E-state index contributed by atoms with van der Waals surface area (Å²) in [6.45, 7) is 1.90. The molecule has 1 aliphatic heterocycles. The lowest BCUT2D eigenvalue weighted by atomic mass is 10.3. The third-order valence-electron chi connectivity index (χ3n) is 2.74. The first-order chi connectivity index (χ1) is 10.5. The molecule has 0 fully saturated rings. The molecular weight excluding hydrogens is 366 g/mol. The van der Waals surface area contributed by atoms with Crippen LogP contribution in [-0.2, 0) is 9.09 Å². The maximum absolute atomic E-state index is 12.8. The number of rotatable bonds is 2. The molecule has 0 saturated carbocycles. The summed E-state index contributed by atoms with van der Waals surface area (Å²) in [5, 5.41) is 1.09. The summed E-state index contributed by atoms with van der Waals surface area (Å²) in [4.78, 5) is 1.42. The normalized spacial score (nSPS) is 15.6. The molecule has 8 heteroatoms. The SMILES string of the molecule is CCOP1(=O)Oc2ccc(Cl)cc2Sc2cc(Cl)ccc2O1. The van der Waals surface area contributed by atoms with Gasteiger partial charge in [0.2, 0.25) is 0 Å². The quantitative estimate of drug-likeness (QED) is 0.596. The van der Waals surface area contributed by atoms with E-state index in [1.807, 2.05) is 0 Å². The van der Waals surface area contributed by atoms with Gasteiger partial charge in [-0.3, -0.25) is 4.52 Å². The van der Waals surface area contributed by atoms with Crippen LogP contribution in [0.15, 0.2) is 46.2 Å². The van der Waals surface area contributed by atoms with Gasteiger partial charge in [-0.15, -0.1) is 0 Å². The molecule has 0 radical (unpaired) electrons. The number of phosphoric ester groups is 1. The monoisotopic (exact) mass is 376 g/mol. The second-order valence-corrected chi connectivity index (χ2v) is 7.81. The minimum absolute atomic E-state index is 0.191. The molecule has 0 bridgehead atoms. The Bertz CT molecular complexity index is 711. The molecule has 4 nitrogen and oxygen atoms in total. The van der Waals surface area contributed by atoms with Crippen LogP contribution in [-0.4, -0.2) is 6.61 Å². The number of hydrogen-bond donors (Lipinski definition) is 0. The Morgan fingerprint density at radius 1 is 1.05 bits per heavy atom. The number of fused-ring (bicyclic) bond motifs is 2. The van der Waals surface area contributed by atoms with E-state index in [0.29, 0.717) is 31.3 Å². The van der Waals surface area contributed by atoms with Gasteiger partial charge < -0.3 is 9.05 Å². The van der Waals surface area contributed by atoms with E-state index in [1.165, 1.54) is 11.8 Å². The summed E-state index contributed by atoms with van der Waals surface area (Å²) < 4.78 is 29.0. The average molecular weight is 377 g/mol. The lowest BCUT2D eigenvalue weighted by Crippen LogP contribution is -2.07. The van der Waals surface area contributed by atoms with Gasteiger partial charge in [0.1, 0.15) is 11.5 Å². The van der Waals surface area contributed by atoms with E-state index in [0.717, 1.165) is 0 Å². The van der Waals surface area contributed by atoms with E-state index in [9.17, 15) is 4.57 Å². The standard InChI is InChI=1S/C14H11Cl2O4PS/c1-2-18-21(17)19-11-5-3-9(15)7-13(11)22-14-8-10(16)4-6-12(14)20-21/h3-8H,2H2,1H3. The van der Waals surface area contributed by atoms with Gasteiger partial charge in [0.25, 0.3) is 0 Å². The summed E-state index contributed by atoms with van der Waals surface area (Å²) in [7, 11) is -3.78. The smallest absolute Gasteiger partial charge is 0.394 e. The van der Waals surface area contributed by atoms with Gasteiger partial charge in [-0.1, -0.05) is 35.0 Å². The largest absolute Gasteiger partial charge is 0.587 e. The Morgan fingerprint density at radius 3 is 2.00 bits per heavy atom. The predicted molar refractivity (Wildman–Crippen MR) is 87.5 cm³/mol. The van der Waals surface area contributed by atoms with Crippen molar-refractivity contribution in [3.05, 3.63) is 46.4 Å². The van der Waals surface area contributed by atoms with Crippen molar-refractivity contribution in [1.82, 2.24) is 0 Å². The number of hydrogen-bond acceptors (Lipinski definition) is 5. The fraction of sp³-hybridized carbons (Fsp3) is 0.143. The van der Waals surface area contributed by atoms with Gasteiger partial charge in [0.15, 0.2) is 0 Å². The predicted octanol–water partition coefficient (Wildman–Crippen LogP) is 6.06. The zero-order valence-electron chi connectivity index (χ0n) is 11.4. The van der Waals surface area contributed by atoms with Crippen molar-refractivity contribution in [2.24, 2.45) is 0 Å². The summed E-state index contributed by atoms with van der Waals surface area (Å²) in [6.07, 6.45) is 0. The van der Waals surface area contributed by atoms with E-state index in [2.05, 4.69) is 0 Å². The van der Waals surface area contributed by atoms with Crippen LogP contribution in [0.3, 0.4) is 0 Å². The van der Waals surface area contributed by atoms with E-state index in [1.54, 1.807) is 43.3 Å². The molecule has 0 atom stereocenters. The molecule has 0 amide bonds. The number of halogens is 2. The maximum Gasteiger partial charge on any atom is 0.587 e. The Labute approximate surface area is 142 Å². The lowest BCUT2D eigenvalue weighted by Gasteiger charge is -2.24. The Hall–Kier alpha value is -0.840. The van der Waals surface area contributed by atoms with E-state index < -0.39 is 7.82 Å². The zero-order valence-corrected chi connectivity index (χ0v) is 14.6. The number of phosphoric acid groups is 1. The molecule has 0 N–H and O–H groups in total. The van der Waals surface area contributed by atoms with Crippen LogP contribution in [0.25, 0.3) is 0 Å². The van der Waals surface area contributed by atoms with E-state index in [4.69, 9.17) is 36.8 Å². The molecule has 0 aromatic heterocycles. The highest BCUT2D eigenvalue weighted by molar-refractivity contribution is 7.99. The summed E-state index contributed by atoms with van der Waals surface area (Å²) >= 11 is 13.4. The van der Waals surface area contributed by atoms with Crippen LogP contribution in [0, 0.1) is 0 Å². The Balaban J connectivity index is 2.15. The number of benzene rings is 2. The van der Waals surface area contributed by atoms with Crippen LogP contribution in [0.2, 0.25) is 10.0 Å². The maximum atomic E-state index is 12.8. The highest BCUT2D eigenvalue weighted by atomic mass is 35.5. The zero-order chi connectivity index (χ0) is 15.7. The molecule has 0 saturated heterocycles. The van der Waals surface area contributed by atoms with Crippen molar-refractivity contribution in [2.75, 3.05) is 6.61 Å². The first-order valence-electron chi connectivity index (χ1n) is 6.40. The van der Waals surface area contributed by atoms with Crippen molar-refractivity contribution in [2.45, 2.75) is 16.7 Å².